The molecule has 2 fully saturated rings. The molecule has 142 valence electrons. The number of nitrogens with zero attached hydrogens (tertiary/aromatic N) is 1. The van der Waals surface area contributed by atoms with Crippen LogP contribution in [0, 0.1) is 5.92 Å². The molecule has 1 atom stereocenters. The lowest BCUT2D eigenvalue weighted by Crippen LogP contribution is -2.48. The summed E-state index contributed by atoms with van der Waals surface area (Å²) in [5.41, 5.74) is 1.20. The standard InChI is InChI=1S/C21H30N2O3/c24-18-14-17(15-18)19(13-16-7-3-1-4-8-16)22-20(25)10-12-23-11-6-2-5-9-21(23)26/h1,3-4,7-8,17-19,24H,2,5-6,9-15H2,(H,22,25)/t17?,18?,19-/m0/s1. The normalized spacial score (nSPS) is 24.5. The van der Waals surface area contributed by atoms with E-state index in [9.17, 15) is 14.7 Å². The first kappa shape index (κ1) is 18.9. The van der Waals surface area contributed by atoms with Gasteiger partial charge in [-0.25, -0.2) is 0 Å². The van der Waals surface area contributed by atoms with E-state index in [4.69, 9.17) is 0 Å². The molecule has 1 aliphatic heterocycles. The monoisotopic (exact) mass is 358 g/mol. The van der Waals surface area contributed by atoms with E-state index in [1.54, 1.807) is 0 Å². The van der Waals surface area contributed by atoms with E-state index < -0.39 is 0 Å². The molecule has 5 heteroatoms. The summed E-state index contributed by atoms with van der Waals surface area (Å²) >= 11 is 0. The third kappa shape index (κ3) is 5.31. The summed E-state index contributed by atoms with van der Waals surface area (Å²) in [5.74, 6) is 0.511. The SMILES string of the molecule is O=C(CCN1CCCCCC1=O)N[C@@H](Cc1ccccc1)C1CC(O)C1. The van der Waals surface area contributed by atoms with Gasteiger partial charge in [0.05, 0.1) is 6.10 Å². The summed E-state index contributed by atoms with van der Waals surface area (Å²) in [6.45, 7) is 1.28. The van der Waals surface area contributed by atoms with Gasteiger partial charge in [-0.05, 0) is 43.6 Å². The number of nitrogens with one attached hydrogen (secondary N) is 1. The van der Waals surface area contributed by atoms with Crippen molar-refractivity contribution in [3.8, 4) is 0 Å². The van der Waals surface area contributed by atoms with Crippen molar-refractivity contribution in [1.29, 1.82) is 0 Å². The molecule has 1 saturated carbocycles. The fourth-order valence-electron chi connectivity index (χ4n) is 3.95. The number of carbonyl (C=O) groups is 2. The zero-order chi connectivity index (χ0) is 18.4. The average molecular weight is 358 g/mol. The number of benzene rings is 1. The number of hydrogen-bond acceptors (Lipinski definition) is 3. The van der Waals surface area contributed by atoms with Crippen LogP contribution < -0.4 is 5.32 Å². The molecule has 0 bridgehead atoms. The number of aliphatic hydroxyl groups is 1. The van der Waals surface area contributed by atoms with Gasteiger partial charge in [0.1, 0.15) is 0 Å². The summed E-state index contributed by atoms with van der Waals surface area (Å²) < 4.78 is 0. The smallest absolute Gasteiger partial charge is 0.222 e. The van der Waals surface area contributed by atoms with Crippen molar-refractivity contribution in [2.75, 3.05) is 13.1 Å². The largest absolute Gasteiger partial charge is 0.393 e. The van der Waals surface area contributed by atoms with E-state index in [1.165, 1.54) is 5.56 Å². The molecule has 1 heterocycles. The highest BCUT2D eigenvalue weighted by molar-refractivity contribution is 5.79. The highest BCUT2D eigenvalue weighted by atomic mass is 16.3. The van der Waals surface area contributed by atoms with Crippen LogP contribution in [0.4, 0.5) is 0 Å². The molecule has 1 aromatic carbocycles. The van der Waals surface area contributed by atoms with E-state index in [0.29, 0.717) is 25.3 Å². The molecule has 1 saturated heterocycles. The maximum absolute atomic E-state index is 12.5. The van der Waals surface area contributed by atoms with Gasteiger partial charge in [-0.3, -0.25) is 9.59 Å². The molecule has 5 nitrogen and oxygen atoms in total. The molecule has 2 aliphatic rings. The second-order valence-corrected chi connectivity index (χ2v) is 7.69. The summed E-state index contributed by atoms with van der Waals surface area (Å²) in [7, 11) is 0. The predicted octanol–water partition coefficient (Wildman–Crippen LogP) is 2.28. The van der Waals surface area contributed by atoms with Gasteiger partial charge in [0.15, 0.2) is 0 Å². The van der Waals surface area contributed by atoms with Crippen LogP contribution in [0.5, 0.6) is 0 Å². The summed E-state index contributed by atoms with van der Waals surface area (Å²) in [5, 5.41) is 12.8. The Bertz CT molecular complexity index is 599. The first-order valence-electron chi connectivity index (χ1n) is 9.91. The van der Waals surface area contributed by atoms with Crippen molar-refractivity contribution in [2.45, 2.75) is 63.5 Å². The lowest BCUT2D eigenvalue weighted by Gasteiger charge is -2.38. The molecule has 1 aromatic rings. The molecule has 1 aliphatic carbocycles. The van der Waals surface area contributed by atoms with Crippen LogP contribution in [0.15, 0.2) is 30.3 Å². The summed E-state index contributed by atoms with van der Waals surface area (Å²) in [4.78, 5) is 26.4. The van der Waals surface area contributed by atoms with Crippen LogP contribution in [0.25, 0.3) is 0 Å². The third-order valence-corrected chi connectivity index (χ3v) is 5.64. The predicted molar refractivity (Wildman–Crippen MR) is 100 cm³/mol. The number of carbonyl (C=O) groups excluding carboxylic acids is 2. The van der Waals surface area contributed by atoms with E-state index in [2.05, 4.69) is 17.4 Å². The molecular weight excluding hydrogens is 328 g/mol. The molecule has 0 aromatic heterocycles. The van der Waals surface area contributed by atoms with Gasteiger partial charge in [0, 0.05) is 32.0 Å². The minimum Gasteiger partial charge on any atom is -0.393 e. The summed E-state index contributed by atoms with van der Waals surface area (Å²) in [6, 6.07) is 10.2. The van der Waals surface area contributed by atoms with Gasteiger partial charge in [0.2, 0.25) is 11.8 Å². The molecular formula is C21H30N2O3. The van der Waals surface area contributed by atoms with Crippen molar-refractivity contribution >= 4 is 11.8 Å². The Balaban J connectivity index is 1.52. The highest BCUT2D eigenvalue weighted by Crippen LogP contribution is 2.31. The molecule has 26 heavy (non-hydrogen) atoms. The van der Waals surface area contributed by atoms with Gasteiger partial charge in [0.25, 0.3) is 0 Å². The van der Waals surface area contributed by atoms with Crippen molar-refractivity contribution in [1.82, 2.24) is 10.2 Å². The highest BCUT2D eigenvalue weighted by Gasteiger charge is 2.34. The first-order valence-corrected chi connectivity index (χ1v) is 9.91. The number of hydrogen-bond donors (Lipinski definition) is 2. The van der Waals surface area contributed by atoms with Gasteiger partial charge >= 0.3 is 0 Å². The van der Waals surface area contributed by atoms with Crippen LogP contribution >= 0.6 is 0 Å². The minimum atomic E-state index is -0.232. The van der Waals surface area contributed by atoms with E-state index in [0.717, 1.165) is 45.1 Å². The number of aliphatic hydroxyl groups excluding tert-OH is 1. The van der Waals surface area contributed by atoms with Crippen LogP contribution in [0.1, 0.15) is 50.5 Å². The Hall–Kier alpha value is -1.88. The van der Waals surface area contributed by atoms with E-state index in [1.807, 2.05) is 23.1 Å². The van der Waals surface area contributed by atoms with Gasteiger partial charge in [-0.1, -0.05) is 36.8 Å². The average Bonchev–Trinajstić information content (AvgIpc) is 2.82. The zero-order valence-electron chi connectivity index (χ0n) is 15.4. The van der Waals surface area contributed by atoms with Gasteiger partial charge < -0.3 is 15.3 Å². The lowest BCUT2D eigenvalue weighted by molar-refractivity contribution is -0.131. The quantitative estimate of drug-likeness (QED) is 0.786. The van der Waals surface area contributed by atoms with E-state index in [-0.39, 0.29) is 24.0 Å². The third-order valence-electron chi connectivity index (χ3n) is 5.64. The molecule has 0 spiro atoms. The fraction of sp³-hybridized carbons (Fsp3) is 0.619. The molecule has 0 unspecified atom stereocenters. The second-order valence-electron chi connectivity index (χ2n) is 7.69. The number of amides is 2. The zero-order valence-corrected chi connectivity index (χ0v) is 15.4. The fourth-order valence-corrected chi connectivity index (χ4v) is 3.95. The summed E-state index contributed by atoms with van der Waals surface area (Å²) in [6.07, 6.45) is 6.11. The molecule has 3 rings (SSSR count). The van der Waals surface area contributed by atoms with Crippen molar-refractivity contribution < 1.29 is 14.7 Å². The van der Waals surface area contributed by atoms with Crippen molar-refractivity contribution in [2.24, 2.45) is 5.92 Å². The topological polar surface area (TPSA) is 69.6 Å². The number of likely N-dealkylation sites (tertiary alicyclic amines) is 1. The Morgan fingerprint density at radius 2 is 1.96 bits per heavy atom. The van der Waals surface area contributed by atoms with Crippen molar-refractivity contribution in [3.63, 3.8) is 0 Å². The number of rotatable bonds is 7. The molecule has 2 amide bonds. The first-order chi connectivity index (χ1) is 12.6. The maximum atomic E-state index is 12.5. The Morgan fingerprint density at radius 1 is 1.19 bits per heavy atom. The van der Waals surface area contributed by atoms with Gasteiger partial charge in [-0.15, -0.1) is 0 Å². The van der Waals surface area contributed by atoms with Crippen LogP contribution in [-0.4, -0.2) is 47.1 Å². The molecule has 2 N–H and O–H groups in total. The van der Waals surface area contributed by atoms with E-state index >= 15 is 0 Å². The maximum Gasteiger partial charge on any atom is 0.222 e. The Kier molecular flexibility index (Phi) is 6.67. The molecule has 0 radical (unpaired) electrons. The Labute approximate surface area is 155 Å². The second kappa shape index (κ2) is 9.17. The van der Waals surface area contributed by atoms with Crippen molar-refractivity contribution in [3.05, 3.63) is 35.9 Å². The lowest BCUT2D eigenvalue weighted by atomic mass is 9.75. The minimum absolute atomic E-state index is 0.00404. The Morgan fingerprint density at radius 3 is 2.69 bits per heavy atom. The van der Waals surface area contributed by atoms with Crippen LogP contribution in [0.3, 0.4) is 0 Å². The van der Waals surface area contributed by atoms with Gasteiger partial charge in [-0.2, -0.15) is 0 Å². The van der Waals surface area contributed by atoms with Crippen LogP contribution in [0.2, 0.25) is 0 Å². The van der Waals surface area contributed by atoms with Crippen LogP contribution in [-0.2, 0) is 16.0 Å².